The number of rotatable bonds is 2. The van der Waals surface area contributed by atoms with Crippen LogP contribution in [0.4, 0.5) is 4.79 Å². The number of nitrogens with zero attached hydrogens (tertiary/aromatic N) is 2. The molecule has 2 saturated heterocycles. The monoisotopic (exact) mass is 521 g/mol. The maximum atomic E-state index is 13.4. The lowest BCUT2D eigenvalue weighted by Gasteiger charge is -2.50. The molecule has 1 aromatic carbocycles. The summed E-state index contributed by atoms with van der Waals surface area (Å²) in [6.07, 6.45) is 1.61. The Balaban J connectivity index is 1.73. The van der Waals surface area contributed by atoms with Gasteiger partial charge in [-0.15, -0.1) is 23.2 Å². The van der Waals surface area contributed by atoms with Gasteiger partial charge < -0.3 is 15.6 Å². The summed E-state index contributed by atoms with van der Waals surface area (Å²) in [4.78, 5) is 61.9. The Labute approximate surface area is 209 Å². The van der Waals surface area contributed by atoms with Crippen molar-refractivity contribution in [3.8, 4) is 11.5 Å². The number of hydrogen-bond donors (Lipinski definition) is 2. The molecule has 10 nitrogen and oxygen atoms in total. The van der Waals surface area contributed by atoms with Crippen LogP contribution in [0.2, 0.25) is 0 Å². The molecule has 2 aliphatic heterocycles. The van der Waals surface area contributed by atoms with Crippen LogP contribution in [-0.2, 0) is 19.2 Å². The molecule has 0 spiro atoms. The van der Waals surface area contributed by atoms with Gasteiger partial charge in [0.25, 0.3) is 11.8 Å². The molecule has 0 bridgehead atoms. The average Bonchev–Trinajstić information content (AvgIpc) is 3.14. The molecule has 12 heteroatoms. The second-order valence-electron chi connectivity index (χ2n) is 9.28. The number of carbonyl (C=O) groups excluding carboxylic acids is 5. The summed E-state index contributed by atoms with van der Waals surface area (Å²) in [5.41, 5.74) is 6.20. The molecule has 1 aromatic rings. The number of imide groups is 4. The zero-order chi connectivity index (χ0) is 25.6. The Bertz CT molecular complexity index is 1270. The molecule has 6 amide bonds. The van der Waals surface area contributed by atoms with Gasteiger partial charge in [-0.1, -0.05) is 17.7 Å². The predicted octanol–water partition coefficient (Wildman–Crippen LogP) is 1.47. The van der Waals surface area contributed by atoms with Crippen LogP contribution in [0.15, 0.2) is 29.8 Å². The van der Waals surface area contributed by atoms with E-state index in [4.69, 9.17) is 33.7 Å². The van der Waals surface area contributed by atoms with Gasteiger partial charge >= 0.3 is 6.03 Å². The molecule has 1 saturated carbocycles. The van der Waals surface area contributed by atoms with Crippen LogP contribution >= 0.6 is 23.2 Å². The quantitative estimate of drug-likeness (QED) is 0.340. The molecular weight excluding hydrogens is 501 g/mol. The predicted molar refractivity (Wildman–Crippen MR) is 122 cm³/mol. The minimum absolute atomic E-state index is 0.101. The summed E-state index contributed by atoms with van der Waals surface area (Å²) in [5.74, 6) is -6.64. The van der Waals surface area contributed by atoms with Crippen molar-refractivity contribution in [1.29, 1.82) is 0 Å². The van der Waals surface area contributed by atoms with Crippen LogP contribution in [0.3, 0.4) is 0 Å². The number of methoxy groups -OCH3 is 1. The van der Waals surface area contributed by atoms with Crippen LogP contribution in [0.25, 0.3) is 0 Å². The number of ether oxygens (including phenoxy) is 1. The number of carbonyl (C=O) groups is 5. The molecule has 6 unspecified atom stereocenters. The van der Waals surface area contributed by atoms with E-state index in [9.17, 15) is 29.1 Å². The smallest absolute Gasteiger partial charge is 0.328 e. The van der Waals surface area contributed by atoms with Gasteiger partial charge in [-0.3, -0.25) is 24.1 Å². The molecule has 2 heterocycles. The number of aromatic hydroxyl groups is 1. The average molecular weight is 522 g/mol. The van der Waals surface area contributed by atoms with Crippen LogP contribution in [0.5, 0.6) is 11.5 Å². The Kier molecular flexibility index (Phi) is 5.02. The minimum atomic E-state index is -1.97. The number of amides is 6. The van der Waals surface area contributed by atoms with E-state index in [0.717, 1.165) is 4.90 Å². The number of primary amides is 1. The van der Waals surface area contributed by atoms with Crippen molar-refractivity contribution in [3.05, 3.63) is 35.4 Å². The SMILES string of the molecule is COc1ccc(C2C3=CCC4C(=O)N(C(N)=O)C(=O)C4C3CC3(Cl)C(=O)N(C)C(=O)C23Cl)cc1O. The summed E-state index contributed by atoms with van der Waals surface area (Å²) in [7, 11) is 2.66. The van der Waals surface area contributed by atoms with Crippen molar-refractivity contribution in [1.82, 2.24) is 9.80 Å². The number of halogens is 2. The lowest BCUT2D eigenvalue weighted by molar-refractivity contribution is -0.139. The lowest BCUT2D eigenvalue weighted by atomic mass is 9.56. The van der Waals surface area contributed by atoms with Crippen LogP contribution in [-0.4, -0.2) is 68.5 Å². The molecule has 4 aliphatic rings. The Morgan fingerprint density at radius 2 is 1.83 bits per heavy atom. The highest BCUT2D eigenvalue weighted by Gasteiger charge is 2.76. The zero-order valence-corrected chi connectivity index (χ0v) is 20.2. The van der Waals surface area contributed by atoms with E-state index < -0.39 is 63.1 Å². The molecule has 6 atom stereocenters. The number of hydrogen-bond acceptors (Lipinski definition) is 7. The number of phenols is 1. The van der Waals surface area contributed by atoms with Crippen molar-refractivity contribution < 1.29 is 33.8 Å². The fraction of sp³-hybridized carbons (Fsp3) is 0.435. The van der Waals surface area contributed by atoms with E-state index in [0.29, 0.717) is 16.0 Å². The lowest BCUT2D eigenvalue weighted by Crippen LogP contribution is -2.60. The normalized spacial score (nSPS) is 36.1. The fourth-order valence-electron chi connectivity index (χ4n) is 6.22. The van der Waals surface area contributed by atoms with Gasteiger partial charge in [0.15, 0.2) is 21.2 Å². The van der Waals surface area contributed by atoms with E-state index in [-0.39, 0.29) is 24.3 Å². The molecule has 35 heavy (non-hydrogen) atoms. The molecular formula is C23H21Cl2N3O7. The molecule has 2 aliphatic carbocycles. The Morgan fingerprint density at radius 1 is 1.14 bits per heavy atom. The van der Waals surface area contributed by atoms with Gasteiger partial charge in [0.1, 0.15) is 0 Å². The second kappa shape index (κ2) is 7.44. The van der Waals surface area contributed by atoms with E-state index in [2.05, 4.69) is 0 Å². The largest absolute Gasteiger partial charge is 0.504 e. The highest BCUT2D eigenvalue weighted by atomic mass is 35.5. The van der Waals surface area contributed by atoms with Crippen LogP contribution in [0, 0.1) is 17.8 Å². The third-order valence-electron chi connectivity index (χ3n) is 7.77. The van der Waals surface area contributed by atoms with Gasteiger partial charge in [-0.05, 0) is 36.5 Å². The van der Waals surface area contributed by atoms with Crippen LogP contribution in [0.1, 0.15) is 24.3 Å². The van der Waals surface area contributed by atoms with Gasteiger partial charge in [-0.25, -0.2) is 4.79 Å². The zero-order valence-electron chi connectivity index (χ0n) is 18.7. The van der Waals surface area contributed by atoms with Gasteiger partial charge in [0.05, 0.1) is 18.9 Å². The van der Waals surface area contributed by atoms with Crippen molar-refractivity contribution in [2.45, 2.75) is 28.5 Å². The first-order valence-corrected chi connectivity index (χ1v) is 11.6. The van der Waals surface area contributed by atoms with Gasteiger partial charge in [-0.2, -0.15) is 4.90 Å². The molecule has 184 valence electrons. The number of fused-ring (bicyclic) bond motifs is 4. The number of likely N-dealkylation sites (tertiary alicyclic amines) is 2. The maximum absolute atomic E-state index is 13.4. The maximum Gasteiger partial charge on any atom is 0.328 e. The third-order valence-corrected chi connectivity index (χ3v) is 9.18. The number of urea groups is 1. The molecule has 3 fully saturated rings. The van der Waals surface area contributed by atoms with Crippen molar-refractivity contribution in [3.63, 3.8) is 0 Å². The van der Waals surface area contributed by atoms with Crippen molar-refractivity contribution >= 4 is 52.9 Å². The minimum Gasteiger partial charge on any atom is -0.504 e. The Hall–Kier alpha value is -3.11. The van der Waals surface area contributed by atoms with E-state index in [1.54, 1.807) is 12.1 Å². The van der Waals surface area contributed by atoms with Crippen molar-refractivity contribution in [2.24, 2.45) is 23.5 Å². The highest BCUT2D eigenvalue weighted by Crippen LogP contribution is 2.65. The standard InChI is InChI=1S/C23H21Cl2N3O7/c1-27-19(32)22(24)8-12-10(4-5-11-15(12)18(31)28(17(11)30)21(26)34)16(23(22,25)20(27)33)9-3-6-14(35-2)13(29)7-9/h3-4,6-7,11-12,15-16,29H,5,8H2,1-2H3,(H2,26,34). The number of phenolic OH excluding ortho intramolecular Hbond substituents is 1. The van der Waals surface area contributed by atoms with E-state index in [1.165, 1.54) is 26.3 Å². The highest BCUT2D eigenvalue weighted by molar-refractivity contribution is 6.53. The van der Waals surface area contributed by atoms with E-state index >= 15 is 0 Å². The van der Waals surface area contributed by atoms with Crippen molar-refractivity contribution in [2.75, 3.05) is 14.2 Å². The first kappa shape index (κ1) is 23.6. The molecule has 5 rings (SSSR count). The topological polar surface area (TPSA) is 147 Å². The summed E-state index contributed by atoms with van der Waals surface area (Å²) < 4.78 is 5.11. The first-order valence-electron chi connectivity index (χ1n) is 10.8. The second-order valence-corrected chi connectivity index (χ2v) is 10.5. The summed E-state index contributed by atoms with van der Waals surface area (Å²) in [6.45, 7) is 0. The fourth-order valence-corrected chi connectivity index (χ4v) is 7.24. The third kappa shape index (κ3) is 2.75. The van der Waals surface area contributed by atoms with E-state index in [1.807, 2.05) is 0 Å². The first-order chi connectivity index (χ1) is 16.4. The number of alkyl halides is 2. The molecule has 0 radical (unpaired) electrons. The van der Waals surface area contributed by atoms with Crippen LogP contribution < -0.4 is 10.5 Å². The molecule has 0 aromatic heterocycles. The van der Waals surface area contributed by atoms with Gasteiger partial charge in [0.2, 0.25) is 11.8 Å². The number of allylic oxidation sites excluding steroid dienone is 2. The number of nitrogens with two attached hydrogens (primary N) is 1. The summed E-state index contributed by atoms with van der Waals surface area (Å²) in [6, 6.07) is 3.27. The number of benzene rings is 1. The summed E-state index contributed by atoms with van der Waals surface area (Å²) >= 11 is 14.0. The molecule has 3 N–H and O–H groups in total. The Morgan fingerprint density at radius 3 is 2.43 bits per heavy atom. The summed E-state index contributed by atoms with van der Waals surface area (Å²) in [5, 5.41) is 10.5. The van der Waals surface area contributed by atoms with Gasteiger partial charge in [0, 0.05) is 13.0 Å².